The molecule has 0 bridgehead atoms. The van der Waals surface area contributed by atoms with E-state index in [1.165, 1.54) is 18.5 Å². The lowest BCUT2D eigenvalue weighted by molar-refractivity contribution is 0.102. The number of carbonyl (C=O) groups excluding carboxylic acids is 1. The number of hydrogen-bond donors (Lipinski definition) is 2. The Morgan fingerprint density at radius 2 is 1.86 bits per heavy atom. The lowest BCUT2D eigenvalue weighted by Crippen LogP contribution is -2.32. The van der Waals surface area contributed by atoms with Gasteiger partial charge < -0.3 is 20.1 Å². The van der Waals surface area contributed by atoms with Crippen molar-refractivity contribution in [3.63, 3.8) is 0 Å². The van der Waals surface area contributed by atoms with Crippen molar-refractivity contribution < 1.29 is 9.32 Å². The number of carbonyl (C=O) groups is 1. The van der Waals surface area contributed by atoms with E-state index in [1.807, 2.05) is 19.1 Å². The normalized spacial score (nSPS) is 14.6. The van der Waals surface area contributed by atoms with E-state index >= 15 is 0 Å². The third-order valence-corrected chi connectivity index (χ3v) is 5.17. The Hall–Kier alpha value is -3.35. The van der Waals surface area contributed by atoms with E-state index in [4.69, 9.17) is 4.52 Å². The first-order valence-corrected chi connectivity index (χ1v) is 9.89. The van der Waals surface area contributed by atoms with Gasteiger partial charge in [-0.25, -0.2) is 0 Å². The van der Waals surface area contributed by atoms with Gasteiger partial charge in [-0.1, -0.05) is 12.1 Å². The van der Waals surface area contributed by atoms with E-state index in [2.05, 4.69) is 44.7 Å². The van der Waals surface area contributed by atoms with Crippen molar-refractivity contribution in [2.24, 2.45) is 5.92 Å². The molecule has 1 aliphatic heterocycles. The number of benzene rings is 1. The van der Waals surface area contributed by atoms with Gasteiger partial charge in [0.1, 0.15) is 11.5 Å². The van der Waals surface area contributed by atoms with Crippen molar-refractivity contribution in [3.8, 4) is 0 Å². The lowest BCUT2D eigenvalue weighted by Gasteiger charge is -2.32. The molecule has 0 radical (unpaired) electrons. The average molecular weight is 391 g/mol. The van der Waals surface area contributed by atoms with Gasteiger partial charge in [-0.05, 0) is 62.1 Å². The lowest BCUT2D eigenvalue weighted by atomic mass is 9.99. The molecular weight excluding hydrogens is 366 g/mol. The van der Waals surface area contributed by atoms with E-state index < -0.39 is 0 Å². The van der Waals surface area contributed by atoms with Crippen molar-refractivity contribution in [2.45, 2.75) is 26.7 Å². The van der Waals surface area contributed by atoms with Gasteiger partial charge in [-0.2, -0.15) is 0 Å². The molecule has 7 heteroatoms. The minimum atomic E-state index is -0.260. The van der Waals surface area contributed by atoms with Crippen LogP contribution in [0.3, 0.4) is 0 Å². The molecule has 0 unspecified atom stereocenters. The van der Waals surface area contributed by atoms with Crippen molar-refractivity contribution in [1.29, 1.82) is 0 Å². The predicted octanol–water partition coefficient (Wildman–Crippen LogP) is 4.61. The minimum absolute atomic E-state index is 0.260. The second-order valence-corrected chi connectivity index (χ2v) is 7.55. The molecule has 7 nitrogen and oxygen atoms in total. The fourth-order valence-corrected chi connectivity index (χ4v) is 3.42. The highest BCUT2D eigenvalue weighted by molar-refractivity contribution is 6.03. The van der Waals surface area contributed by atoms with Crippen LogP contribution in [-0.2, 0) is 0 Å². The Bertz CT molecular complexity index is 975. The summed E-state index contributed by atoms with van der Waals surface area (Å²) >= 11 is 0. The number of piperidine rings is 1. The molecule has 4 rings (SSSR count). The van der Waals surface area contributed by atoms with Crippen LogP contribution in [0.1, 0.15) is 36.0 Å². The summed E-state index contributed by atoms with van der Waals surface area (Å²) in [5, 5.41) is 9.90. The molecule has 1 aromatic carbocycles. The van der Waals surface area contributed by atoms with Gasteiger partial charge in [0.2, 0.25) is 0 Å². The SMILES string of the molecule is Cc1cc(Nc2ccnc(C(=O)Nc3ccc(N4CCC(C)CC4)cc3)c2)no1. The van der Waals surface area contributed by atoms with Gasteiger partial charge >= 0.3 is 0 Å². The van der Waals surface area contributed by atoms with Crippen LogP contribution in [0.5, 0.6) is 0 Å². The molecule has 2 aromatic heterocycles. The quantitative estimate of drug-likeness (QED) is 0.661. The maximum atomic E-state index is 12.6. The van der Waals surface area contributed by atoms with Crippen molar-refractivity contribution in [3.05, 3.63) is 60.1 Å². The predicted molar refractivity (Wildman–Crippen MR) is 114 cm³/mol. The van der Waals surface area contributed by atoms with Gasteiger partial charge in [0, 0.05) is 42.4 Å². The molecule has 0 aliphatic carbocycles. The second-order valence-electron chi connectivity index (χ2n) is 7.55. The van der Waals surface area contributed by atoms with Crippen LogP contribution in [0.2, 0.25) is 0 Å². The maximum absolute atomic E-state index is 12.6. The molecule has 3 heterocycles. The van der Waals surface area contributed by atoms with Crippen LogP contribution >= 0.6 is 0 Å². The number of aromatic nitrogens is 2. The first-order chi connectivity index (χ1) is 14.1. The number of hydrogen-bond acceptors (Lipinski definition) is 6. The van der Waals surface area contributed by atoms with Gasteiger partial charge in [0.05, 0.1) is 0 Å². The molecule has 3 aromatic rings. The van der Waals surface area contributed by atoms with Gasteiger partial charge in [0.15, 0.2) is 5.82 Å². The molecule has 1 amide bonds. The van der Waals surface area contributed by atoms with E-state index in [0.29, 0.717) is 23.0 Å². The van der Waals surface area contributed by atoms with E-state index in [9.17, 15) is 4.79 Å². The fourth-order valence-electron chi connectivity index (χ4n) is 3.42. The number of nitrogens with one attached hydrogen (secondary N) is 2. The highest BCUT2D eigenvalue weighted by Crippen LogP contribution is 2.24. The zero-order chi connectivity index (χ0) is 20.2. The smallest absolute Gasteiger partial charge is 0.274 e. The van der Waals surface area contributed by atoms with Crippen LogP contribution in [0, 0.1) is 12.8 Å². The van der Waals surface area contributed by atoms with E-state index in [1.54, 1.807) is 24.4 Å². The fraction of sp³-hybridized carbons (Fsp3) is 0.318. The Morgan fingerprint density at radius 1 is 1.10 bits per heavy atom. The third-order valence-electron chi connectivity index (χ3n) is 5.17. The first-order valence-electron chi connectivity index (χ1n) is 9.89. The summed E-state index contributed by atoms with van der Waals surface area (Å²) in [7, 11) is 0. The number of anilines is 4. The van der Waals surface area contributed by atoms with Crippen molar-refractivity contribution >= 4 is 28.8 Å². The van der Waals surface area contributed by atoms with Crippen LogP contribution in [0.15, 0.2) is 53.2 Å². The van der Waals surface area contributed by atoms with Crippen LogP contribution < -0.4 is 15.5 Å². The number of aryl methyl sites for hydroxylation is 1. The molecule has 0 saturated carbocycles. The number of nitrogens with zero attached hydrogens (tertiary/aromatic N) is 3. The van der Waals surface area contributed by atoms with Gasteiger partial charge in [0.25, 0.3) is 5.91 Å². The largest absolute Gasteiger partial charge is 0.372 e. The maximum Gasteiger partial charge on any atom is 0.274 e. The highest BCUT2D eigenvalue weighted by Gasteiger charge is 2.16. The zero-order valence-electron chi connectivity index (χ0n) is 16.7. The number of rotatable bonds is 5. The first kappa shape index (κ1) is 19.0. The molecule has 1 aliphatic rings. The van der Waals surface area contributed by atoms with Crippen LogP contribution in [-0.4, -0.2) is 29.1 Å². The molecule has 0 spiro atoms. The number of amides is 1. The summed E-state index contributed by atoms with van der Waals surface area (Å²) in [6.07, 6.45) is 4.04. The average Bonchev–Trinajstić information content (AvgIpc) is 3.14. The Kier molecular flexibility index (Phi) is 5.46. The van der Waals surface area contributed by atoms with E-state index in [-0.39, 0.29) is 5.91 Å². The summed E-state index contributed by atoms with van der Waals surface area (Å²) in [6.45, 7) is 6.30. The molecule has 29 heavy (non-hydrogen) atoms. The molecule has 1 saturated heterocycles. The zero-order valence-corrected chi connectivity index (χ0v) is 16.7. The molecular formula is C22H25N5O2. The summed E-state index contributed by atoms with van der Waals surface area (Å²) in [6, 6.07) is 13.2. The Balaban J connectivity index is 1.39. The Morgan fingerprint density at radius 3 is 2.55 bits per heavy atom. The van der Waals surface area contributed by atoms with Gasteiger partial charge in [-0.15, -0.1) is 0 Å². The van der Waals surface area contributed by atoms with E-state index in [0.717, 1.165) is 24.7 Å². The van der Waals surface area contributed by atoms with Crippen LogP contribution in [0.4, 0.5) is 22.9 Å². The van der Waals surface area contributed by atoms with Crippen molar-refractivity contribution in [2.75, 3.05) is 28.6 Å². The molecule has 0 atom stereocenters. The molecule has 2 N–H and O–H groups in total. The summed E-state index contributed by atoms with van der Waals surface area (Å²) in [5.41, 5.74) is 2.98. The Labute approximate surface area is 170 Å². The van der Waals surface area contributed by atoms with Gasteiger partial charge in [-0.3, -0.25) is 9.78 Å². The third kappa shape index (κ3) is 4.74. The standard InChI is InChI=1S/C22H25N5O2/c1-15-8-11-27(12-9-15)19-5-3-17(4-6-19)25-22(28)20-14-18(7-10-23-20)24-21-13-16(2)29-26-21/h3-7,10,13-15H,8-9,11-12H2,1-2H3,(H,25,28)(H,23,24,26). The summed E-state index contributed by atoms with van der Waals surface area (Å²) < 4.78 is 5.04. The molecule has 1 fully saturated rings. The summed E-state index contributed by atoms with van der Waals surface area (Å²) in [4.78, 5) is 19.2. The van der Waals surface area contributed by atoms with Crippen LogP contribution in [0.25, 0.3) is 0 Å². The summed E-state index contributed by atoms with van der Waals surface area (Å²) in [5.74, 6) is 1.84. The molecule has 150 valence electrons. The van der Waals surface area contributed by atoms with Crippen molar-refractivity contribution in [1.82, 2.24) is 10.1 Å². The second kappa shape index (κ2) is 8.34. The monoisotopic (exact) mass is 391 g/mol. The minimum Gasteiger partial charge on any atom is -0.372 e. The highest BCUT2D eigenvalue weighted by atomic mass is 16.5. The topological polar surface area (TPSA) is 83.3 Å². The number of pyridine rings is 1.